The van der Waals surface area contributed by atoms with Gasteiger partial charge in [-0.1, -0.05) is 11.6 Å². The van der Waals surface area contributed by atoms with E-state index in [1.807, 2.05) is 6.92 Å². The summed E-state index contributed by atoms with van der Waals surface area (Å²) in [7, 11) is 0. The van der Waals surface area contributed by atoms with Crippen LogP contribution in [0.5, 0.6) is 0 Å². The maximum atomic E-state index is 11.3. The topological polar surface area (TPSA) is 84.2 Å². The molecular weight excluding hydrogens is 230 g/mol. The molecule has 0 unspecified atom stereocenters. The summed E-state index contributed by atoms with van der Waals surface area (Å²) < 4.78 is 0. The number of rotatable bonds is 3. The summed E-state index contributed by atoms with van der Waals surface area (Å²) in [6.07, 6.45) is 0. The smallest absolute Gasteiger partial charge is 0.312 e. The third-order valence-electron chi connectivity index (χ3n) is 1.89. The molecule has 0 fully saturated rings. The van der Waals surface area contributed by atoms with E-state index in [1.54, 1.807) is 18.2 Å². The third-order valence-corrected chi connectivity index (χ3v) is 2.12. The summed E-state index contributed by atoms with van der Waals surface area (Å²) in [6, 6.07) is 4.37. The van der Waals surface area contributed by atoms with E-state index in [9.17, 15) is 9.59 Å². The highest BCUT2D eigenvalue weighted by molar-refractivity contribution is 6.30. The molecule has 0 aliphatic carbocycles. The van der Waals surface area contributed by atoms with Crippen LogP contribution in [-0.2, 0) is 4.79 Å². The van der Waals surface area contributed by atoms with Gasteiger partial charge in [-0.3, -0.25) is 4.79 Å². The number of amides is 3. The first-order valence-corrected chi connectivity index (χ1v) is 4.96. The standard InChI is InChI=1S/C10H12ClN3O2/c1-6-4-7(11)2-3-8(6)14-9(15)5-13-10(12)16/h2-4H,5H2,1H3,(H,14,15)(H3,12,13,16). The van der Waals surface area contributed by atoms with Gasteiger partial charge in [0.05, 0.1) is 6.54 Å². The Labute approximate surface area is 98.0 Å². The number of carbonyl (C=O) groups excluding carboxylic acids is 2. The highest BCUT2D eigenvalue weighted by Gasteiger charge is 2.05. The van der Waals surface area contributed by atoms with Crippen molar-refractivity contribution in [2.24, 2.45) is 5.73 Å². The molecule has 1 aromatic carbocycles. The van der Waals surface area contributed by atoms with E-state index < -0.39 is 6.03 Å². The number of anilines is 1. The SMILES string of the molecule is Cc1cc(Cl)ccc1NC(=O)CNC(N)=O. The van der Waals surface area contributed by atoms with E-state index in [1.165, 1.54) is 0 Å². The van der Waals surface area contributed by atoms with E-state index >= 15 is 0 Å². The number of nitrogens with two attached hydrogens (primary N) is 1. The second-order valence-electron chi connectivity index (χ2n) is 3.23. The Balaban J connectivity index is 2.59. The highest BCUT2D eigenvalue weighted by Crippen LogP contribution is 2.19. The fourth-order valence-corrected chi connectivity index (χ4v) is 1.36. The van der Waals surface area contributed by atoms with Gasteiger partial charge in [0.2, 0.25) is 5.91 Å². The minimum Gasteiger partial charge on any atom is -0.352 e. The minimum absolute atomic E-state index is 0.155. The van der Waals surface area contributed by atoms with Crippen LogP contribution in [0.15, 0.2) is 18.2 Å². The summed E-state index contributed by atoms with van der Waals surface area (Å²) in [5.41, 5.74) is 6.34. The van der Waals surface area contributed by atoms with Crippen LogP contribution in [0, 0.1) is 6.92 Å². The molecule has 0 spiro atoms. The Kier molecular flexibility index (Phi) is 4.13. The van der Waals surface area contributed by atoms with Crippen LogP contribution in [0.3, 0.4) is 0 Å². The maximum absolute atomic E-state index is 11.3. The molecule has 1 aromatic rings. The Bertz CT molecular complexity index is 421. The zero-order chi connectivity index (χ0) is 12.1. The molecule has 0 atom stereocenters. The molecule has 1 rings (SSSR count). The molecule has 0 heterocycles. The quantitative estimate of drug-likeness (QED) is 0.744. The van der Waals surface area contributed by atoms with Crippen molar-refractivity contribution in [2.75, 3.05) is 11.9 Å². The van der Waals surface area contributed by atoms with Crippen LogP contribution in [0.25, 0.3) is 0 Å². The largest absolute Gasteiger partial charge is 0.352 e. The molecule has 0 saturated heterocycles. The van der Waals surface area contributed by atoms with Gasteiger partial charge >= 0.3 is 6.03 Å². The summed E-state index contributed by atoms with van der Waals surface area (Å²) in [4.78, 5) is 21.7. The summed E-state index contributed by atoms with van der Waals surface area (Å²) in [5, 5.41) is 5.42. The fourth-order valence-electron chi connectivity index (χ4n) is 1.13. The first-order valence-electron chi connectivity index (χ1n) is 4.58. The maximum Gasteiger partial charge on any atom is 0.312 e. The molecule has 16 heavy (non-hydrogen) atoms. The van der Waals surface area contributed by atoms with Gasteiger partial charge < -0.3 is 16.4 Å². The zero-order valence-electron chi connectivity index (χ0n) is 8.71. The molecule has 0 bridgehead atoms. The van der Waals surface area contributed by atoms with Crippen LogP contribution in [0.4, 0.5) is 10.5 Å². The van der Waals surface area contributed by atoms with Gasteiger partial charge in [0.15, 0.2) is 0 Å². The summed E-state index contributed by atoms with van der Waals surface area (Å²) in [5.74, 6) is -0.343. The Morgan fingerprint density at radius 1 is 1.44 bits per heavy atom. The van der Waals surface area contributed by atoms with Gasteiger partial charge in [0.1, 0.15) is 0 Å². The number of urea groups is 1. The van der Waals surface area contributed by atoms with Crippen molar-refractivity contribution in [3.63, 3.8) is 0 Å². The lowest BCUT2D eigenvalue weighted by Crippen LogP contribution is -2.36. The van der Waals surface area contributed by atoms with Crippen molar-refractivity contribution in [3.05, 3.63) is 28.8 Å². The Morgan fingerprint density at radius 2 is 2.12 bits per heavy atom. The van der Waals surface area contributed by atoms with Crippen LogP contribution < -0.4 is 16.4 Å². The van der Waals surface area contributed by atoms with Crippen molar-refractivity contribution >= 4 is 29.2 Å². The van der Waals surface area contributed by atoms with E-state index in [2.05, 4.69) is 10.6 Å². The van der Waals surface area contributed by atoms with Gasteiger partial charge in [-0.05, 0) is 30.7 Å². The molecule has 0 radical (unpaired) electrons. The first-order chi connectivity index (χ1) is 7.49. The van der Waals surface area contributed by atoms with Gasteiger partial charge in [0, 0.05) is 10.7 Å². The normalized spacial score (nSPS) is 9.62. The van der Waals surface area contributed by atoms with Crippen molar-refractivity contribution in [2.45, 2.75) is 6.92 Å². The molecular formula is C10H12ClN3O2. The first kappa shape index (κ1) is 12.3. The number of hydrogen-bond donors (Lipinski definition) is 3. The second kappa shape index (κ2) is 5.37. The van der Waals surface area contributed by atoms with Crippen LogP contribution >= 0.6 is 11.6 Å². The van der Waals surface area contributed by atoms with Gasteiger partial charge in [0.25, 0.3) is 0 Å². The van der Waals surface area contributed by atoms with Crippen LogP contribution in [0.2, 0.25) is 5.02 Å². The Hall–Kier alpha value is -1.75. The molecule has 0 aliphatic rings. The van der Waals surface area contributed by atoms with Crippen molar-refractivity contribution in [3.8, 4) is 0 Å². The number of carbonyl (C=O) groups is 2. The van der Waals surface area contributed by atoms with E-state index in [-0.39, 0.29) is 12.5 Å². The fraction of sp³-hybridized carbons (Fsp3) is 0.200. The average Bonchev–Trinajstić information content (AvgIpc) is 2.19. The number of aryl methyl sites for hydroxylation is 1. The van der Waals surface area contributed by atoms with Crippen LogP contribution in [0.1, 0.15) is 5.56 Å². The second-order valence-corrected chi connectivity index (χ2v) is 3.66. The molecule has 5 nitrogen and oxygen atoms in total. The lowest BCUT2D eigenvalue weighted by molar-refractivity contribution is -0.115. The molecule has 3 amide bonds. The van der Waals surface area contributed by atoms with E-state index in [0.29, 0.717) is 10.7 Å². The number of nitrogens with one attached hydrogen (secondary N) is 2. The predicted octanol–water partition coefficient (Wildman–Crippen LogP) is 1.26. The molecule has 6 heteroatoms. The van der Waals surface area contributed by atoms with Crippen molar-refractivity contribution in [1.82, 2.24) is 5.32 Å². The molecule has 86 valence electrons. The van der Waals surface area contributed by atoms with Gasteiger partial charge in [-0.25, -0.2) is 4.79 Å². The molecule has 4 N–H and O–H groups in total. The number of benzene rings is 1. The van der Waals surface area contributed by atoms with Gasteiger partial charge in [-0.2, -0.15) is 0 Å². The molecule has 0 aliphatic heterocycles. The predicted molar refractivity (Wildman–Crippen MR) is 62.4 cm³/mol. The lowest BCUT2D eigenvalue weighted by atomic mass is 10.2. The van der Waals surface area contributed by atoms with Crippen molar-refractivity contribution < 1.29 is 9.59 Å². The van der Waals surface area contributed by atoms with E-state index in [4.69, 9.17) is 17.3 Å². The lowest BCUT2D eigenvalue weighted by Gasteiger charge is -2.08. The monoisotopic (exact) mass is 241 g/mol. The van der Waals surface area contributed by atoms with E-state index in [0.717, 1.165) is 5.56 Å². The number of primary amides is 1. The number of hydrogen-bond acceptors (Lipinski definition) is 2. The average molecular weight is 242 g/mol. The van der Waals surface area contributed by atoms with Crippen molar-refractivity contribution in [1.29, 1.82) is 0 Å². The summed E-state index contributed by atoms with van der Waals surface area (Å²) >= 11 is 5.77. The molecule has 0 saturated carbocycles. The Morgan fingerprint density at radius 3 is 2.69 bits per heavy atom. The molecule has 0 aromatic heterocycles. The zero-order valence-corrected chi connectivity index (χ0v) is 9.47. The van der Waals surface area contributed by atoms with Gasteiger partial charge in [-0.15, -0.1) is 0 Å². The van der Waals surface area contributed by atoms with Crippen LogP contribution in [-0.4, -0.2) is 18.5 Å². The number of halogens is 1. The third kappa shape index (κ3) is 3.78. The minimum atomic E-state index is -0.733. The highest BCUT2D eigenvalue weighted by atomic mass is 35.5. The summed E-state index contributed by atoms with van der Waals surface area (Å²) in [6.45, 7) is 1.67.